The van der Waals surface area contributed by atoms with Gasteiger partial charge in [-0.15, -0.1) is 24.0 Å². The lowest BCUT2D eigenvalue weighted by molar-refractivity contribution is 0.226. The van der Waals surface area contributed by atoms with Gasteiger partial charge in [0.25, 0.3) is 0 Å². The van der Waals surface area contributed by atoms with Crippen LogP contribution in [0.1, 0.15) is 31.2 Å². The number of hydrogen-bond acceptors (Lipinski definition) is 2. The third kappa shape index (κ3) is 4.31. The molecule has 126 valence electrons. The Balaban J connectivity index is 0.00000156. The van der Waals surface area contributed by atoms with Gasteiger partial charge >= 0.3 is 0 Å². The molecule has 1 aromatic rings. The predicted molar refractivity (Wildman–Crippen MR) is 104 cm³/mol. The van der Waals surface area contributed by atoms with E-state index in [4.69, 9.17) is 9.73 Å². The second-order valence-corrected chi connectivity index (χ2v) is 6.77. The lowest BCUT2D eigenvalue weighted by Crippen LogP contribution is -2.41. The van der Waals surface area contributed by atoms with Gasteiger partial charge in [0, 0.05) is 31.6 Å². The van der Waals surface area contributed by atoms with Gasteiger partial charge in [-0.25, -0.2) is 0 Å². The van der Waals surface area contributed by atoms with Crippen molar-refractivity contribution in [1.82, 2.24) is 10.2 Å². The molecule has 5 heteroatoms. The number of halogens is 1. The number of rotatable bonds is 3. The van der Waals surface area contributed by atoms with Crippen LogP contribution in [0.25, 0.3) is 0 Å². The highest BCUT2D eigenvalue weighted by atomic mass is 127. The zero-order chi connectivity index (χ0) is 14.8. The molecule has 1 atom stereocenters. The summed E-state index contributed by atoms with van der Waals surface area (Å²) in [5.41, 5.74) is 1.33. The molecule has 4 rings (SSSR count). The van der Waals surface area contributed by atoms with Crippen molar-refractivity contribution in [3.05, 3.63) is 29.8 Å². The lowest BCUT2D eigenvalue weighted by Gasteiger charge is -2.26. The first-order valence-electron chi connectivity index (χ1n) is 8.65. The summed E-state index contributed by atoms with van der Waals surface area (Å²) in [7, 11) is 0. The molecule has 2 heterocycles. The van der Waals surface area contributed by atoms with Crippen molar-refractivity contribution in [1.29, 1.82) is 0 Å². The van der Waals surface area contributed by atoms with Crippen LogP contribution in [0.2, 0.25) is 0 Å². The predicted octanol–water partition coefficient (Wildman–Crippen LogP) is 3.06. The molecule has 1 N–H and O–H groups in total. The monoisotopic (exact) mass is 427 g/mol. The van der Waals surface area contributed by atoms with Crippen LogP contribution >= 0.6 is 24.0 Å². The highest BCUT2D eigenvalue weighted by Crippen LogP contribution is 2.27. The van der Waals surface area contributed by atoms with Crippen LogP contribution in [0.5, 0.6) is 5.75 Å². The van der Waals surface area contributed by atoms with Crippen LogP contribution in [0.15, 0.2) is 29.3 Å². The Kier molecular flexibility index (Phi) is 5.67. The molecule has 1 aromatic carbocycles. The fourth-order valence-corrected chi connectivity index (χ4v) is 3.30. The van der Waals surface area contributed by atoms with Crippen molar-refractivity contribution in [3.8, 4) is 5.75 Å². The summed E-state index contributed by atoms with van der Waals surface area (Å²) >= 11 is 0. The maximum absolute atomic E-state index is 5.88. The van der Waals surface area contributed by atoms with Gasteiger partial charge in [0.1, 0.15) is 5.75 Å². The summed E-state index contributed by atoms with van der Waals surface area (Å²) in [6, 6.07) is 9.05. The number of likely N-dealkylation sites (tertiary alicyclic amines) is 1. The fourth-order valence-electron chi connectivity index (χ4n) is 3.30. The van der Waals surface area contributed by atoms with E-state index >= 15 is 0 Å². The van der Waals surface area contributed by atoms with Crippen molar-refractivity contribution in [3.63, 3.8) is 0 Å². The van der Waals surface area contributed by atoms with Gasteiger partial charge < -0.3 is 15.0 Å². The largest absolute Gasteiger partial charge is 0.493 e. The molecule has 0 aromatic heterocycles. The molecule has 3 aliphatic rings. The number of ether oxygens (including phenoxy) is 1. The molecule has 2 aliphatic heterocycles. The molecular weight excluding hydrogens is 401 g/mol. The molecule has 0 amide bonds. The first-order chi connectivity index (χ1) is 10.9. The van der Waals surface area contributed by atoms with E-state index in [1.54, 1.807) is 0 Å². The minimum Gasteiger partial charge on any atom is -0.493 e. The summed E-state index contributed by atoms with van der Waals surface area (Å²) in [6.45, 7) is 3.96. The Labute approximate surface area is 155 Å². The Morgan fingerprint density at radius 2 is 2.00 bits per heavy atom. The van der Waals surface area contributed by atoms with Gasteiger partial charge in [0.2, 0.25) is 0 Å². The van der Waals surface area contributed by atoms with Crippen LogP contribution in [-0.4, -0.2) is 43.1 Å². The van der Waals surface area contributed by atoms with Crippen LogP contribution in [0.3, 0.4) is 0 Å². The molecule has 4 nitrogen and oxygen atoms in total. The van der Waals surface area contributed by atoms with Gasteiger partial charge in [0.05, 0.1) is 6.61 Å². The van der Waals surface area contributed by atoms with Gasteiger partial charge in [0.15, 0.2) is 5.96 Å². The van der Waals surface area contributed by atoms with Crippen molar-refractivity contribution >= 4 is 29.9 Å². The summed E-state index contributed by atoms with van der Waals surface area (Å²) in [5.74, 6) is 2.69. The summed E-state index contributed by atoms with van der Waals surface area (Å²) < 4.78 is 5.88. The van der Waals surface area contributed by atoms with Crippen molar-refractivity contribution < 1.29 is 4.74 Å². The average molecular weight is 427 g/mol. The van der Waals surface area contributed by atoms with Crippen LogP contribution in [-0.2, 0) is 6.42 Å². The third-order valence-electron chi connectivity index (χ3n) is 4.77. The molecule has 0 bridgehead atoms. The number of aliphatic imine (C=N–C) groups is 1. The Bertz CT molecular complexity index is 553. The van der Waals surface area contributed by atoms with Gasteiger partial charge in [-0.2, -0.15) is 0 Å². The van der Waals surface area contributed by atoms with Crippen LogP contribution in [0.4, 0.5) is 0 Å². The highest BCUT2D eigenvalue weighted by Gasteiger charge is 2.26. The van der Waals surface area contributed by atoms with E-state index < -0.39 is 0 Å². The number of fused-ring (bicyclic) bond motifs is 1. The number of guanidine groups is 1. The zero-order valence-electron chi connectivity index (χ0n) is 13.5. The average Bonchev–Trinajstić information content (AvgIpc) is 3.21. The first kappa shape index (κ1) is 16.9. The highest BCUT2D eigenvalue weighted by molar-refractivity contribution is 14.0. The molecule has 1 unspecified atom stereocenters. The third-order valence-corrected chi connectivity index (χ3v) is 4.77. The summed E-state index contributed by atoms with van der Waals surface area (Å²) in [4.78, 5) is 7.36. The number of nitrogens with one attached hydrogen (secondary N) is 1. The second-order valence-electron chi connectivity index (χ2n) is 6.77. The van der Waals surface area contributed by atoms with E-state index in [1.807, 2.05) is 6.07 Å². The summed E-state index contributed by atoms with van der Waals surface area (Å²) in [6.07, 6.45) is 6.27. The molecule has 1 aliphatic carbocycles. The van der Waals surface area contributed by atoms with E-state index in [1.165, 1.54) is 31.2 Å². The van der Waals surface area contributed by atoms with Crippen LogP contribution < -0.4 is 10.1 Å². The molecule has 1 saturated carbocycles. The van der Waals surface area contributed by atoms with Gasteiger partial charge in [-0.1, -0.05) is 18.2 Å². The smallest absolute Gasteiger partial charge is 0.194 e. The number of benzene rings is 1. The quantitative estimate of drug-likeness (QED) is 0.458. The molecule has 2 fully saturated rings. The molecule has 0 spiro atoms. The van der Waals surface area contributed by atoms with E-state index in [2.05, 4.69) is 28.4 Å². The Morgan fingerprint density at radius 3 is 2.78 bits per heavy atom. The number of para-hydroxylation sites is 1. The fraction of sp³-hybridized carbons (Fsp3) is 0.611. The maximum Gasteiger partial charge on any atom is 0.194 e. The molecule has 23 heavy (non-hydrogen) atoms. The molecule has 0 radical (unpaired) electrons. The molecular formula is C18H26IN3O. The standard InChI is InChI=1S/C18H25N3O.HI/c1-2-6-17-15(5-1)11-14(13-22-17)12-19-18(20-16-7-8-16)21-9-3-4-10-21;/h1-2,5-6,14,16H,3-4,7-13H2,(H,19,20);1H. The molecule has 1 saturated heterocycles. The van der Waals surface area contributed by atoms with E-state index in [9.17, 15) is 0 Å². The number of hydrogen-bond donors (Lipinski definition) is 1. The maximum atomic E-state index is 5.88. The topological polar surface area (TPSA) is 36.9 Å². The SMILES string of the molecule is I.c1ccc2c(c1)CC(CN=C(NC1CC1)N1CCCC1)CO2. The van der Waals surface area contributed by atoms with E-state index in [0.717, 1.165) is 44.4 Å². The first-order valence-corrected chi connectivity index (χ1v) is 8.65. The minimum absolute atomic E-state index is 0. The zero-order valence-corrected chi connectivity index (χ0v) is 15.9. The van der Waals surface area contributed by atoms with E-state index in [-0.39, 0.29) is 24.0 Å². The van der Waals surface area contributed by atoms with Crippen molar-refractivity contribution in [2.75, 3.05) is 26.2 Å². The lowest BCUT2D eigenvalue weighted by atomic mass is 9.97. The minimum atomic E-state index is 0. The van der Waals surface area contributed by atoms with Crippen molar-refractivity contribution in [2.24, 2.45) is 10.9 Å². The van der Waals surface area contributed by atoms with Gasteiger partial charge in [-0.05, 0) is 43.7 Å². The van der Waals surface area contributed by atoms with Crippen LogP contribution in [0, 0.1) is 5.92 Å². The second kappa shape index (κ2) is 7.73. The summed E-state index contributed by atoms with van der Waals surface area (Å²) in [5, 5.41) is 3.63. The normalized spacial score (nSPS) is 23.7. The van der Waals surface area contributed by atoms with E-state index in [0.29, 0.717) is 12.0 Å². The van der Waals surface area contributed by atoms with Crippen molar-refractivity contribution in [2.45, 2.75) is 38.1 Å². The van der Waals surface area contributed by atoms with Gasteiger partial charge in [-0.3, -0.25) is 4.99 Å². The Morgan fingerprint density at radius 1 is 1.22 bits per heavy atom. The Hall–Kier alpha value is -0.980. The number of nitrogens with zero attached hydrogens (tertiary/aromatic N) is 2.